The molecule has 0 amide bonds. The Kier molecular flexibility index (Phi) is 2.38. The Balaban J connectivity index is 2.35. The van der Waals surface area contributed by atoms with Crippen LogP contribution in [0, 0.1) is 6.92 Å². The van der Waals surface area contributed by atoms with Gasteiger partial charge in [0, 0.05) is 5.38 Å². The van der Waals surface area contributed by atoms with Crippen LogP contribution in [-0.4, -0.2) is 4.98 Å². The topological polar surface area (TPSA) is 26.0 Å². The predicted molar refractivity (Wildman–Crippen MR) is 54.1 cm³/mol. The molecule has 0 aliphatic heterocycles. The number of aromatic nitrogens is 1. The lowest BCUT2D eigenvalue weighted by Crippen LogP contribution is -1.76. The van der Waals surface area contributed by atoms with Gasteiger partial charge in [-0.25, -0.2) is 4.98 Å². The quantitative estimate of drug-likeness (QED) is 0.715. The van der Waals surface area contributed by atoms with Gasteiger partial charge in [0.2, 0.25) is 0 Å². The van der Waals surface area contributed by atoms with E-state index in [4.69, 9.17) is 16.0 Å². The van der Waals surface area contributed by atoms with Crippen molar-refractivity contribution in [1.29, 1.82) is 0 Å². The zero-order chi connectivity index (χ0) is 9.26. The summed E-state index contributed by atoms with van der Waals surface area (Å²) in [6, 6.07) is 3.85. The van der Waals surface area contributed by atoms with E-state index < -0.39 is 0 Å². The molecule has 0 aliphatic rings. The Morgan fingerprint density at radius 3 is 2.92 bits per heavy atom. The van der Waals surface area contributed by atoms with Gasteiger partial charge in [0.15, 0.2) is 10.8 Å². The molecule has 2 heterocycles. The maximum atomic E-state index is 5.65. The summed E-state index contributed by atoms with van der Waals surface area (Å²) in [5, 5.41) is 2.84. The summed E-state index contributed by atoms with van der Waals surface area (Å²) in [6.45, 7) is 1.92. The fraction of sp³-hybridized carbons (Fsp3) is 0.222. The van der Waals surface area contributed by atoms with Crippen LogP contribution in [0.5, 0.6) is 0 Å². The summed E-state index contributed by atoms with van der Waals surface area (Å²) in [6.07, 6.45) is 0. The predicted octanol–water partition coefficient (Wildman–Crippen LogP) is 3.45. The molecule has 2 rings (SSSR count). The molecular formula is C9H8ClNOS. The van der Waals surface area contributed by atoms with Gasteiger partial charge in [0.25, 0.3) is 0 Å². The summed E-state index contributed by atoms with van der Waals surface area (Å²) in [5.74, 6) is 2.17. The number of thiazole rings is 1. The van der Waals surface area contributed by atoms with Crippen molar-refractivity contribution in [2.45, 2.75) is 12.8 Å². The lowest BCUT2D eigenvalue weighted by molar-refractivity contribution is 0.548. The number of hydrogen-bond acceptors (Lipinski definition) is 3. The second kappa shape index (κ2) is 3.52. The lowest BCUT2D eigenvalue weighted by atomic mass is 10.4. The van der Waals surface area contributed by atoms with Crippen LogP contribution < -0.4 is 0 Å². The molecule has 0 bridgehead atoms. The Morgan fingerprint density at radius 1 is 1.54 bits per heavy atom. The van der Waals surface area contributed by atoms with Crippen LogP contribution >= 0.6 is 22.9 Å². The van der Waals surface area contributed by atoms with E-state index in [1.807, 2.05) is 24.4 Å². The summed E-state index contributed by atoms with van der Waals surface area (Å²) in [7, 11) is 0. The summed E-state index contributed by atoms with van der Waals surface area (Å²) < 4.78 is 5.43. The highest BCUT2D eigenvalue weighted by Gasteiger charge is 2.06. The third-order valence-electron chi connectivity index (χ3n) is 1.64. The van der Waals surface area contributed by atoms with E-state index in [9.17, 15) is 0 Å². The second-order valence-electron chi connectivity index (χ2n) is 2.69. The maximum Gasteiger partial charge on any atom is 0.162 e. The molecule has 2 aromatic rings. The van der Waals surface area contributed by atoms with E-state index in [0.717, 1.165) is 22.2 Å². The van der Waals surface area contributed by atoms with Crippen molar-refractivity contribution in [3.8, 4) is 10.8 Å². The highest BCUT2D eigenvalue weighted by atomic mass is 35.5. The molecule has 2 nitrogen and oxygen atoms in total. The first-order valence-corrected chi connectivity index (χ1v) is 5.28. The van der Waals surface area contributed by atoms with Crippen molar-refractivity contribution in [1.82, 2.24) is 4.98 Å². The molecule has 0 aliphatic carbocycles. The van der Waals surface area contributed by atoms with Gasteiger partial charge in [-0.3, -0.25) is 0 Å². The van der Waals surface area contributed by atoms with E-state index in [1.54, 1.807) is 11.3 Å². The van der Waals surface area contributed by atoms with Gasteiger partial charge >= 0.3 is 0 Å². The van der Waals surface area contributed by atoms with Crippen molar-refractivity contribution < 1.29 is 4.42 Å². The molecular weight excluding hydrogens is 206 g/mol. The summed E-state index contributed by atoms with van der Waals surface area (Å²) in [5.41, 5.74) is 0.899. The summed E-state index contributed by atoms with van der Waals surface area (Å²) >= 11 is 7.20. The van der Waals surface area contributed by atoms with Crippen molar-refractivity contribution >= 4 is 22.9 Å². The Bertz CT molecular complexity index is 407. The molecule has 68 valence electrons. The first-order chi connectivity index (χ1) is 6.29. The van der Waals surface area contributed by atoms with Crippen molar-refractivity contribution in [2.75, 3.05) is 0 Å². The number of rotatable bonds is 2. The van der Waals surface area contributed by atoms with Crippen LogP contribution in [0.3, 0.4) is 0 Å². The molecule has 0 spiro atoms. The normalized spacial score (nSPS) is 10.6. The van der Waals surface area contributed by atoms with Crippen LogP contribution in [0.1, 0.15) is 11.5 Å². The molecule has 0 saturated heterocycles. The molecule has 0 radical (unpaired) electrons. The van der Waals surface area contributed by atoms with Gasteiger partial charge in [-0.1, -0.05) is 0 Å². The minimum atomic E-state index is 0.455. The van der Waals surface area contributed by atoms with Crippen LogP contribution in [0.15, 0.2) is 21.9 Å². The number of aryl methyl sites for hydroxylation is 1. The van der Waals surface area contributed by atoms with Gasteiger partial charge in [0.1, 0.15) is 5.76 Å². The van der Waals surface area contributed by atoms with E-state index in [2.05, 4.69) is 4.98 Å². The molecule has 13 heavy (non-hydrogen) atoms. The minimum Gasteiger partial charge on any atom is -0.459 e. The number of nitrogens with zero attached hydrogens (tertiary/aromatic N) is 1. The van der Waals surface area contributed by atoms with Crippen LogP contribution in [0.2, 0.25) is 0 Å². The SMILES string of the molecule is Cc1ccc(-c2nc(CCl)cs2)o1. The third-order valence-corrected chi connectivity index (χ3v) is 2.82. The lowest BCUT2D eigenvalue weighted by Gasteiger charge is -1.87. The van der Waals surface area contributed by atoms with Gasteiger partial charge in [0.05, 0.1) is 11.6 Å². The van der Waals surface area contributed by atoms with Crippen molar-refractivity contribution in [3.05, 3.63) is 29.0 Å². The average Bonchev–Trinajstić information content (AvgIpc) is 2.71. The number of hydrogen-bond donors (Lipinski definition) is 0. The second-order valence-corrected chi connectivity index (χ2v) is 3.81. The van der Waals surface area contributed by atoms with Gasteiger partial charge < -0.3 is 4.42 Å². The zero-order valence-electron chi connectivity index (χ0n) is 7.08. The first kappa shape index (κ1) is 8.78. The fourth-order valence-corrected chi connectivity index (χ4v) is 2.04. The van der Waals surface area contributed by atoms with Crippen molar-refractivity contribution in [2.24, 2.45) is 0 Å². The largest absolute Gasteiger partial charge is 0.459 e. The number of furan rings is 1. The molecule has 4 heteroatoms. The van der Waals surface area contributed by atoms with Crippen LogP contribution in [-0.2, 0) is 5.88 Å². The Morgan fingerprint density at radius 2 is 2.38 bits per heavy atom. The monoisotopic (exact) mass is 213 g/mol. The Hall–Kier alpha value is -0.800. The fourth-order valence-electron chi connectivity index (χ4n) is 1.03. The number of halogens is 1. The number of alkyl halides is 1. The molecule has 0 saturated carbocycles. The van der Waals surface area contributed by atoms with Gasteiger partial charge in [-0.05, 0) is 19.1 Å². The standard InChI is InChI=1S/C9H8ClNOS/c1-6-2-3-8(12-6)9-11-7(4-10)5-13-9/h2-3,5H,4H2,1H3. The van der Waals surface area contributed by atoms with Crippen molar-refractivity contribution in [3.63, 3.8) is 0 Å². The minimum absolute atomic E-state index is 0.455. The average molecular weight is 214 g/mol. The molecule has 0 atom stereocenters. The van der Waals surface area contributed by atoms with Gasteiger partial charge in [-0.2, -0.15) is 0 Å². The molecule has 0 aromatic carbocycles. The third kappa shape index (κ3) is 1.76. The molecule has 0 unspecified atom stereocenters. The van der Waals surface area contributed by atoms with E-state index in [0.29, 0.717) is 5.88 Å². The zero-order valence-corrected chi connectivity index (χ0v) is 8.65. The molecule has 2 aromatic heterocycles. The highest BCUT2D eigenvalue weighted by molar-refractivity contribution is 7.13. The highest BCUT2D eigenvalue weighted by Crippen LogP contribution is 2.25. The van der Waals surface area contributed by atoms with Gasteiger partial charge in [-0.15, -0.1) is 22.9 Å². The molecule has 0 N–H and O–H groups in total. The van der Waals surface area contributed by atoms with E-state index >= 15 is 0 Å². The van der Waals surface area contributed by atoms with E-state index in [-0.39, 0.29) is 0 Å². The van der Waals surface area contributed by atoms with Crippen LogP contribution in [0.25, 0.3) is 10.8 Å². The molecule has 0 fully saturated rings. The van der Waals surface area contributed by atoms with Crippen LogP contribution in [0.4, 0.5) is 0 Å². The summed E-state index contributed by atoms with van der Waals surface area (Å²) in [4.78, 5) is 4.31. The Labute approximate surface area is 85.2 Å². The smallest absolute Gasteiger partial charge is 0.162 e. The maximum absolute atomic E-state index is 5.65. The first-order valence-electron chi connectivity index (χ1n) is 3.87. The van der Waals surface area contributed by atoms with E-state index in [1.165, 1.54) is 0 Å².